The fourth-order valence-corrected chi connectivity index (χ4v) is 3.08. The number of benzene rings is 1. The van der Waals surface area contributed by atoms with Gasteiger partial charge in [0.15, 0.2) is 5.96 Å². The van der Waals surface area contributed by atoms with Gasteiger partial charge >= 0.3 is 0 Å². The highest BCUT2D eigenvalue weighted by Crippen LogP contribution is 2.21. The first kappa shape index (κ1) is 17.2. The van der Waals surface area contributed by atoms with E-state index in [4.69, 9.17) is 28.9 Å². The lowest BCUT2D eigenvalue weighted by atomic mass is 10.2. The van der Waals surface area contributed by atoms with Crippen LogP contribution in [0.15, 0.2) is 23.2 Å². The second-order valence-electron chi connectivity index (χ2n) is 4.01. The van der Waals surface area contributed by atoms with E-state index in [1.807, 2.05) is 23.9 Å². The summed E-state index contributed by atoms with van der Waals surface area (Å²) >= 11 is 13.9. The first-order chi connectivity index (χ1) is 8.66. The van der Waals surface area contributed by atoms with Gasteiger partial charge in [0.1, 0.15) is 0 Å². The molecule has 19 heavy (non-hydrogen) atoms. The molecule has 1 aliphatic heterocycles. The summed E-state index contributed by atoms with van der Waals surface area (Å²) in [5.74, 6) is 2.82. The molecule has 7 heteroatoms. The smallest absolute Gasteiger partial charge is 0.191 e. The Hall–Kier alpha value is 0.150. The van der Waals surface area contributed by atoms with E-state index in [0.29, 0.717) is 22.5 Å². The summed E-state index contributed by atoms with van der Waals surface area (Å²) in [6, 6.07) is 5.42. The Balaban J connectivity index is 0.00000180. The number of hydrogen-bond acceptors (Lipinski definition) is 2. The predicted octanol–water partition coefficient (Wildman–Crippen LogP) is 3.47. The Labute approximate surface area is 144 Å². The van der Waals surface area contributed by atoms with Gasteiger partial charge in [-0.2, -0.15) is 11.8 Å². The molecule has 0 bridgehead atoms. The molecular formula is C12H16Cl2IN3S. The highest BCUT2D eigenvalue weighted by Gasteiger charge is 2.12. The van der Waals surface area contributed by atoms with Crippen molar-refractivity contribution in [3.8, 4) is 0 Å². The van der Waals surface area contributed by atoms with Crippen LogP contribution in [-0.4, -0.2) is 35.5 Å². The molecule has 106 valence electrons. The SMILES string of the molecule is I.NC(=NCc1ccc(Cl)cc1Cl)N1CCSCC1. The molecule has 1 fully saturated rings. The lowest BCUT2D eigenvalue weighted by Gasteiger charge is -2.27. The van der Waals surface area contributed by atoms with E-state index in [9.17, 15) is 0 Å². The van der Waals surface area contributed by atoms with Crippen LogP contribution in [0.5, 0.6) is 0 Å². The molecule has 1 aromatic carbocycles. The summed E-state index contributed by atoms with van der Waals surface area (Å²) in [6.07, 6.45) is 0. The molecule has 0 unspecified atom stereocenters. The van der Waals surface area contributed by atoms with Crippen molar-refractivity contribution in [3.63, 3.8) is 0 Å². The Morgan fingerprint density at radius 3 is 2.63 bits per heavy atom. The average molecular weight is 432 g/mol. The van der Waals surface area contributed by atoms with Gasteiger partial charge in [-0.05, 0) is 17.7 Å². The molecule has 0 radical (unpaired) electrons. The van der Waals surface area contributed by atoms with Crippen molar-refractivity contribution in [2.45, 2.75) is 6.54 Å². The minimum atomic E-state index is 0. The quantitative estimate of drug-likeness (QED) is 0.442. The maximum atomic E-state index is 6.09. The third-order valence-electron chi connectivity index (χ3n) is 2.76. The zero-order valence-corrected chi connectivity index (χ0v) is 15.0. The number of halogens is 3. The minimum absolute atomic E-state index is 0. The minimum Gasteiger partial charge on any atom is -0.370 e. The van der Waals surface area contributed by atoms with Gasteiger partial charge in [-0.15, -0.1) is 24.0 Å². The zero-order valence-electron chi connectivity index (χ0n) is 10.3. The third-order valence-corrected chi connectivity index (χ3v) is 4.29. The van der Waals surface area contributed by atoms with Crippen molar-refractivity contribution in [1.82, 2.24) is 4.90 Å². The van der Waals surface area contributed by atoms with Crippen molar-refractivity contribution < 1.29 is 0 Å². The van der Waals surface area contributed by atoms with E-state index in [1.165, 1.54) is 0 Å². The van der Waals surface area contributed by atoms with Gasteiger partial charge in [-0.3, -0.25) is 0 Å². The molecule has 0 aromatic heterocycles. The van der Waals surface area contributed by atoms with Crippen molar-refractivity contribution in [2.24, 2.45) is 10.7 Å². The summed E-state index contributed by atoms with van der Waals surface area (Å²) < 4.78 is 0. The number of nitrogens with two attached hydrogens (primary N) is 1. The molecule has 1 heterocycles. The van der Waals surface area contributed by atoms with Crippen LogP contribution in [0.25, 0.3) is 0 Å². The number of rotatable bonds is 2. The summed E-state index contributed by atoms with van der Waals surface area (Å²) in [5.41, 5.74) is 6.91. The van der Waals surface area contributed by atoms with E-state index in [0.717, 1.165) is 30.2 Å². The monoisotopic (exact) mass is 431 g/mol. The predicted molar refractivity (Wildman–Crippen MR) is 96.1 cm³/mol. The fraction of sp³-hybridized carbons (Fsp3) is 0.417. The molecule has 0 spiro atoms. The largest absolute Gasteiger partial charge is 0.370 e. The van der Waals surface area contributed by atoms with Crippen LogP contribution >= 0.6 is 58.9 Å². The summed E-state index contributed by atoms with van der Waals surface area (Å²) in [5, 5.41) is 1.27. The molecule has 3 nitrogen and oxygen atoms in total. The second kappa shape index (κ2) is 8.44. The summed E-state index contributed by atoms with van der Waals surface area (Å²) in [7, 11) is 0. The van der Waals surface area contributed by atoms with Crippen LogP contribution in [-0.2, 0) is 6.54 Å². The molecule has 1 saturated heterocycles. The first-order valence-electron chi connectivity index (χ1n) is 5.73. The van der Waals surface area contributed by atoms with Crippen molar-refractivity contribution in [1.29, 1.82) is 0 Å². The van der Waals surface area contributed by atoms with E-state index in [1.54, 1.807) is 6.07 Å². The molecule has 0 atom stereocenters. The summed E-state index contributed by atoms with van der Waals surface area (Å²) in [6.45, 7) is 2.42. The van der Waals surface area contributed by atoms with Gasteiger partial charge in [0.05, 0.1) is 6.54 Å². The van der Waals surface area contributed by atoms with Crippen molar-refractivity contribution in [3.05, 3.63) is 33.8 Å². The Morgan fingerprint density at radius 2 is 2.00 bits per heavy atom. The normalized spacial score (nSPS) is 16.1. The Bertz CT molecular complexity index is 451. The molecule has 0 saturated carbocycles. The molecular weight excluding hydrogens is 416 g/mol. The topological polar surface area (TPSA) is 41.6 Å². The molecule has 1 aliphatic rings. The van der Waals surface area contributed by atoms with Gasteiger partial charge in [-0.1, -0.05) is 29.3 Å². The number of nitrogens with zero attached hydrogens (tertiary/aromatic N) is 2. The number of guanidine groups is 1. The Morgan fingerprint density at radius 1 is 1.32 bits per heavy atom. The zero-order chi connectivity index (χ0) is 13.0. The van der Waals surface area contributed by atoms with E-state index >= 15 is 0 Å². The summed E-state index contributed by atoms with van der Waals surface area (Å²) in [4.78, 5) is 6.50. The first-order valence-corrected chi connectivity index (χ1v) is 7.64. The van der Waals surface area contributed by atoms with Gasteiger partial charge in [0, 0.05) is 34.6 Å². The molecule has 0 amide bonds. The van der Waals surface area contributed by atoms with Crippen molar-refractivity contribution >= 4 is 64.9 Å². The third kappa shape index (κ3) is 5.21. The van der Waals surface area contributed by atoms with Crippen LogP contribution in [0.4, 0.5) is 0 Å². The molecule has 1 aromatic rings. The number of aliphatic imine (C=N–C) groups is 1. The lowest BCUT2D eigenvalue weighted by molar-refractivity contribution is 0.455. The molecule has 2 rings (SSSR count). The standard InChI is InChI=1S/C12H15Cl2N3S.HI/c13-10-2-1-9(11(14)7-10)8-16-12(15)17-3-5-18-6-4-17;/h1-2,7H,3-6,8H2,(H2,15,16);1H. The van der Waals surface area contributed by atoms with Gasteiger partial charge in [0.25, 0.3) is 0 Å². The Kier molecular flexibility index (Phi) is 7.64. The number of thioether (sulfide) groups is 1. The van der Waals surface area contributed by atoms with Gasteiger partial charge < -0.3 is 10.6 Å². The van der Waals surface area contributed by atoms with Crippen LogP contribution in [0.3, 0.4) is 0 Å². The van der Waals surface area contributed by atoms with Gasteiger partial charge in [-0.25, -0.2) is 4.99 Å². The molecule has 2 N–H and O–H groups in total. The van der Waals surface area contributed by atoms with E-state index in [2.05, 4.69) is 9.89 Å². The van der Waals surface area contributed by atoms with Crippen LogP contribution < -0.4 is 5.73 Å². The lowest BCUT2D eigenvalue weighted by Crippen LogP contribution is -2.42. The highest BCUT2D eigenvalue weighted by atomic mass is 127. The van der Waals surface area contributed by atoms with Crippen LogP contribution in [0.2, 0.25) is 10.0 Å². The van der Waals surface area contributed by atoms with Crippen LogP contribution in [0.1, 0.15) is 5.56 Å². The maximum absolute atomic E-state index is 6.09. The molecule has 0 aliphatic carbocycles. The number of hydrogen-bond donors (Lipinski definition) is 1. The second-order valence-corrected chi connectivity index (χ2v) is 6.08. The maximum Gasteiger partial charge on any atom is 0.191 e. The van der Waals surface area contributed by atoms with Crippen LogP contribution in [0, 0.1) is 0 Å². The van der Waals surface area contributed by atoms with E-state index < -0.39 is 0 Å². The van der Waals surface area contributed by atoms with E-state index in [-0.39, 0.29) is 24.0 Å². The van der Waals surface area contributed by atoms with Crippen molar-refractivity contribution in [2.75, 3.05) is 24.6 Å². The fourth-order valence-electron chi connectivity index (χ4n) is 1.71. The van der Waals surface area contributed by atoms with Gasteiger partial charge in [0.2, 0.25) is 0 Å². The average Bonchev–Trinajstić information content (AvgIpc) is 2.38. The highest BCUT2D eigenvalue weighted by molar-refractivity contribution is 14.0.